The number of nitrogens with one attached hydrogen (secondary N) is 1. The number of methoxy groups -OCH3 is 2. The SMILES string of the molecule is COC(=O)c1ccc(C(=O)N(C)c2ccc(C(=O)Nc3ccc(/C=C/c4ccc(OC)cc4)cc3C(=O)O)cc2)cc1. The van der Waals surface area contributed by atoms with Crippen LogP contribution in [0, 0.1) is 0 Å². The number of anilines is 2. The third-order valence-corrected chi connectivity index (χ3v) is 6.48. The van der Waals surface area contributed by atoms with Crippen LogP contribution >= 0.6 is 0 Å². The van der Waals surface area contributed by atoms with E-state index in [1.807, 2.05) is 30.3 Å². The molecule has 4 aromatic carbocycles. The van der Waals surface area contributed by atoms with Crippen LogP contribution in [0.25, 0.3) is 12.2 Å². The second-order valence-electron chi connectivity index (χ2n) is 9.15. The topological polar surface area (TPSA) is 122 Å². The summed E-state index contributed by atoms with van der Waals surface area (Å²) in [6.07, 6.45) is 3.63. The van der Waals surface area contributed by atoms with Gasteiger partial charge in [0.05, 0.1) is 31.0 Å². The highest BCUT2D eigenvalue weighted by molar-refractivity contribution is 6.09. The number of nitrogens with zero attached hydrogens (tertiary/aromatic N) is 1. The molecule has 212 valence electrons. The fourth-order valence-electron chi connectivity index (χ4n) is 4.07. The van der Waals surface area contributed by atoms with Gasteiger partial charge in [-0.1, -0.05) is 30.4 Å². The van der Waals surface area contributed by atoms with Crippen LogP contribution in [0.2, 0.25) is 0 Å². The minimum atomic E-state index is -1.18. The zero-order valence-corrected chi connectivity index (χ0v) is 23.2. The molecular weight excluding hydrogens is 536 g/mol. The second kappa shape index (κ2) is 13.1. The van der Waals surface area contributed by atoms with Crippen molar-refractivity contribution in [3.05, 3.63) is 124 Å². The molecule has 0 atom stereocenters. The maximum Gasteiger partial charge on any atom is 0.337 e. The van der Waals surface area contributed by atoms with Crippen molar-refractivity contribution in [1.29, 1.82) is 0 Å². The number of esters is 1. The van der Waals surface area contributed by atoms with E-state index >= 15 is 0 Å². The van der Waals surface area contributed by atoms with Crippen molar-refractivity contribution in [1.82, 2.24) is 0 Å². The van der Waals surface area contributed by atoms with Crippen molar-refractivity contribution in [2.75, 3.05) is 31.5 Å². The first-order chi connectivity index (χ1) is 20.2. The van der Waals surface area contributed by atoms with Gasteiger partial charge in [0.15, 0.2) is 0 Å². The molecule has 9 heteroatoms. The lowest BCUT2D eigenvalue weighted by Crippen LogP contribution is -2.26. The van der Waals surface area contributed by atoms with E-state index in [0.717, 1.165) is 11.3 Å². The number of carboxylic acid groups (broad SMARTS) is 1. The molecule has 0 aliphatic rings. The molecule has 4 rings (SSSR count). The van der Waals surface area contributed by atoms with Gasteiger partial charge in [0, 0.05) is 23.9 Å². The summed E-state index contributed by atoms with van der Waals surface area (Å²) < 4.78 is 9.83. The van der Waals surface area contributed by atoms with Crippen molar-refractivity contribution < 1.29 is 33.8 Å². The summed E-state index contributed by atoms with van der Waals surface area (Å²) in [4.78, 5) is 50.8. The Hall–Kier alpha value is -5.70. The first-order valence-electron chi connectivity index (χ1n) is 12.8. The molecule has 0 fully saturated rings. The van der Waals surface area contributed by atoms with Gasteiger partial charge in [0.2, 0.25) is 0 Å². The van der Waals surface area contributed by atoms with Crippen LogP contribution in [0.15, 0.2) is 91.0 Å². The van der Waals surface area contributed by atoms with Crippen LogP contribution in [0.3, 0.4) is 0 Å². The number of aromatic carboxylic acids is 1. The maximum atomic E-state index is 12.9. The summed E-state index contributed by atoms with van der Waals surface area (Å²) >= 11 is 0. The summed E-state index contributed by atoms with van der Waals surface area (Å²) in [5.41, 5.74) is 3.18. The van der Waals surface area contributed by atoms with Gasteiger partial charge >= 0.3 is 11.9 Å². The van der Waals surface area contributed by atoms with Crippen molar-refractivity contribution in [3.8, 4) is 5.75 Å². The van der Waals surface area contributed by atoms with Gasteiger partial charge in [-0.3, -0.25) is 9.59 Å². The number of hydrogen-bond acceptors (Lipinski definition) is 6. The predicted molar refractivity (Wildman–Crippen MR) is 160 cm³/mol. The monoisotopic (exact) mass is 564 g/mol. The quantitative estimate of drug-likeness (QED) is 0.192. The van der Waals surface area contributed by atoms with E-state index in [2.05, 4.69) is 10.1 Å². The molecule has 0 bridgehead atoms. The molecule has 0 saturated carbocycles. The molecule has 0 aromatic heterocycles. The van der Waals surface area contributed by atoms with Crippen LogP contribution in [0.1, 0.15) is 52.6 Å². The van der Waals surface area contributed by atoms with Crippen molar-refractivity contribution in [2.45, 2.75) is 0 Å². The van der Waals surface area contributed by atoms with Gasteiger partial charge in [0.25, 0.3) is 11.8 Å². The van der Waals surface area contributed by atoms with E-state index in [1.54, 1.807) is 56.6 Å². The van der Waals surface area contributed by atoms with Crippen LogP contribution in [0.5, 0.6) is 5.75 Å². The summed E-state index contributed by atoms with van der Waals surface area (Å²) in [5.74, 6) is -1.75. The molecule has 0 aliphatic heterocycles. The van der Waals surface area contributed by atoms with Gasteiger partial charge in [-0.25, -0.2) is 9.59 Å². The predicted octanol–water partition coefficient (Wildman–Crippen LogP) is 5.88. The van der Waals surface area contributed by atoms with E-state index in [4.69, 9.17) is 4.74 Å². The molecule has 2 amide bonds. The zero-order valence-electron chi connectivity index (χ0n) is 23.2. The average molecular weight is 565 g/mol. The first kappa shape index (κ1) is 29.3. The minimum Gasteiger partial charge on any atom is -0.497 e. The van der Waals surface area contributed by atoms with Gasteiger partial charge in [-0.05, 0) is 83.9 Å². The number of carbonyl (C=O) groups is 4. The molecule has 0 radical (unpaired) electrons. The Kier molecular flexibility index (Phi) is 9.14. The van der Waals surface area contributed by atoms with E-state index in [9.17, 15) is 24.3 Å². The van der Waals surface area contributed by atoms with Crippen LogP contribution in [-0.4, -0.2) is 50.1 Å². The first-order valence-corrected chi connectivity index (χ1v) is 12.8. The summed E-state index contributed by atoms with van der Waals surface area (Å²) in [6, 6.07) is 24.6. The maximum absolute atomic E-state index is 12.9. The Morgan fingerprint density at radius 1 is 0.738 bits per heavy atom. The fourth-order valence-corrected chi connectivity index (χ4v) is 4.07. The molecule has 0 aliphatic carbocycles. The molecule has 42 heavy (non-hydrogen) atoms. The fraction of sp³-hybridized carbons (Fsp3) is 0.0909. The molecule has 0 spiro atoms. The molecular formula is C33H28N2O7. The van der Waals surface area contributed by atoms with Crippen LogP contribution in [-0.2, 0) is 4.74 Å². The zero-order chi connectivity index (χ0) is 30.2. The van der Waals surface area contributed by atoms with Gasteiger partial charge in [-0.2, -0.15) is 0 Å². The summed E-state index contributed by atoms with van der Waals surface area (Å²) in [5, 5.41) is 12.4. The molecule has 0 unspecified atom stereocenters. The lowest BCUT2D eigenvalue weighted by atomic mass is 10.1. The highest BCUT2D eigenvalue weighted by atomic mass is 16.5. The van der Waals surface area contributed by atoms with Crippen molar-refractivity contribution >= 4 is 47.3 Å². The lowest BCUT2D eigenvalue weighted by molar-refractivity contribution is 0.0599. The number of ether oxygens (including phenoxy) is 2. The number of amides is 2. The molecule has 0 saturated heterocycles. The molecule has 0 heterocycles. The Morgan fingerprint density at radius 3 is 1.90 bits per heavy atom. The number of carbonyl (C=O) groups excluding carboxylic acids is 3. The molecule has 4 aromatic rings. The summed E-state index contributed by atoms with van der Waals surface area (Å²) in [7, 11) is 4.46. The van der Waals surface area contributed by atoms with E-state index < -0.39 is 17.8 Å². The number of rotatable bonds is 9. The Bertz CT molecular complexity index is 1640. The normalized spacial score (nSPS) is 10.6. The van der Waals surface area contributed by atoms with Crippen LogP contribution in [0.4, 0.5) is 11.4 Å². The Labute approximate surface area is 242 Å². The Balaban J connectivity index is 1.44. The van der Waals surface area contributed by atoms with E-state index in [-0.39, 0.29) is 22.7 Å². The second-order valence-corrected chi connectivity index (χ2v) is 9.15. The Morgan fingerprint density at radius 2 is 1.31 bits per heavy atom. The third-order valence-electron chi connectivity index (χ3n) is 6.48. The standard InChI is InChI=1S/C33H28N2O7/c1-35(31(37)24-9-11-25(12-10-24)33(40)42-3)26-15-13-23(14-16-26)30(36)34-29-19-8-22(20-28(29)32(38)39)5-4-21-6-17-27(41-2)18-7-21/h4-20H,1-3H3,(H,34,36)(H,38,39)/b5-4+. The third kappa shape index (κ3) is 6.89. The van der Waals surface area contributed by atoms with Gasteiger partial charge in [-0.15, -0.1) is 0 Å². The number of hydrogen-bond donors (Lipinski definition) is 2. The van der Waals surface area contributed by atoms with Crippen LogP contribution < -0.4 is 15.0 Å². The van der Waals surface area contributed by atoms with E-state index in [1.165, 1.54) is 42.3 Å². The number of benzene rings is 4. The van der Waals surface area contributed by atoms with E-state index in [0.29, 0.717) is 22.4 Å². The largest absolute Gasteiger partial charge is 0.497 e. The molecule has 2 N–H and O–H groups in total. The highest BCUT2D eigenvalue weighted by Crippen LogP contribution is 2.22. The number of carboxylic acids is 1. The van der Waals surface area contributed by atoms with Gasteiger partial charge in [0.1, 0.15) is 5.75 Å². The molecule has 9 nitrogen and oxygen atoms in total. The minimum absolute atomic E-state index is 0.0552. The lowest BCUT2D eigenvalue weighted by Gasteiger charge is -2.18. The summed E-state index contributed by atoms with van der Waals surface area (Å²) in [6.45, 7) is 0. The van der Waals surface area contributed by atoms with Crippen molar-refractivity contribution in [2.24, 2.45) is 0 Å². The van der Waals surface area contributed by atoms with Crippen molar-refractivity contribution in [3.63, 3.8) is 0 Å². The average Bonchev–Trinajstić information content (AvgIpc) is 3.03. The highest BCUT2D eigenvalue weighted by Gasteiger charge is 2.17. The van der Waals surface area contributed by atoms with Gasteiger partial charge < -0.3 is 24.8 Å². The smallest absolute Gasteiger partial charge is 0.337 e.